The SMILES string of the molecule is CNC(=O)C1CNCC(=O)N1. The number of nitrogens with one attached hydrogen (secondary N) is 3. The fourth-order valence-corrected chi connectivity index (χ4v) is 0.959. The molecule has 0 aromatic carbocycles. The Hall–Kier alpha value is -1.10. The van der Waals surface area contributed by atoms with Crippen LogP contribution in [0.2, 0.25) is 0 Å². The van der Waals surface area contributed by atoms with E-state index in [1.165, 1.54) is 0 Å². The van der Waals surface area contributed by atoms with Crippen LogP contribution >= 0.6 is 0 Å². The van der Waals surface area contributed by atoms with E-state index in [2.05, 4.69) is 16.0 Å². The van der Waals surface area contributed by atoms with Gasteiger partial charge in [0.2, 0.25) is 11.8 Å². The number of carbonyl (C=O) groups excluding carboxylic acids is 2. The van der Waals surface area contributed by atoms with Gasteiger partial charge in [-0.05, 0) is 0 Å². The first-order chi connectivity index (χ1) is 5.24. The zero-order valence-corrected chi connectivity index (χ0v) is 6.31. The summed E-state index contributed by atoms with van der Waals surface area (Å²) >= 11 is 0. The molecule has 2 amide bonds. The van der Waals surface area contributed by atoms with Crippen molar-refractivity contribution in [3.63, 3.8) is 0 Å². The average molecular weight is 157 g/mol. The van der Waals surface area contributed by atoms with Gasteiger partial charge in [0.25, 0.3) is 0 Å². The van der Waals surface area contributed by atoms with Crippen LogP contribution in [0.4, 0.5) is 0 Å². The molecule has 1 saturated heterocycles. The van der Waals surface area contributed by atoms with Gasteiger partial charge in [-0.2, -0.15) is 0 Å². The van der Waals surface area contributed by atoms with Crippen molar-refractivity contribution in [2.45, 2.75) is 6.04 Å². The minimum Gasteiger partial charge on any atom is -0.357 e. The Balaban J connectivity index is 2.45. The predicted octanol–water partition coefficient (Wildman–Crippen LogP) is -2.18. The summed E-state index contributed by atoms with van der Waals surface area (Å²) in [5, 5.41) is 7.84. The van der Waals surface area contributed by atoms with E-state index in [4.69, 9.17) is 0 Å². The molecule has 1 fully saturated rings. The highest BCUT2D eigenvalue weighted by Crippen LogP contribution is 1.86. The second-order valence-corrected chi connectivity index (χ2v) is 2.37. The number of amides is 2. The van der Waals surface area contributed by atoms with Crippen molar-refractivity contribution in [3.8, 4) is 0 Å². The normalized spacial score (nSPS) is 24.1. The van der Waals surface area contributed by atoms with Gasteiger partial charge in [0.05, 0.1) is 6.54 Å². The van der Waals surface area contributed by atoms with Crippen LogP contribution in [0.1, 0.15) is 0 Å². The van der Waals surface area contributed by atoms with Gasteiger partial charge in [-0.25, -0.2) is 0 Å². The van der Waals surface area contributed by atoms with E-state index in [1.807, 2.05) is 0 Å². The van der Waals surface area contributed by atoms with Crippen LogP contribution in [0.5, 0.6) is 0 Å². The molecule has 3 N–H and O–H groups in total. The molecule has 62 valence electrons. The van der Waals surface area contributed by atoms with Crippen LogP contribution in [-0.2, 0) is 9.59 Å². The van der Waals surface area contributed by atoms with E-state index >= 15 is 0 Å². The Morgan fingerprint density at radius 2 is 2.45 bits per heavy atom. The molecule has 1 aliphatic heterocycles. The molecule has 0 spiro atoms. The third kappa shape index (κ3) is 1.91. The monoisotopic (exact) mass is 157 g/mol. The molecular formula is C6H11N3O2. The summed E-state index contributed by atoms with van der Waals surface area (Å²) in [6, 6.07) is -0.416. The largest absolute Gasteiger partial charge is 0.357 e. The van der Waals surface area contributed by atoms with Gasteiger partial charge in [-0.15, -0.1) is 0 Å². The van der Waals surface area contributed by atoms with Crippen molar-refractivity contribution in [2.24, 2.45) is 0 Å². The molecule has 5 heteroatoms. The topological polar surface area (TPSA) is 70.2 Å². The van der Waals surface area contributed by atoms with E-state index in [0.29, 0.717) is 13.1 Å². The quantitative estimate of drug-likeness (QED) is 0.405. The standard InChI is InChI=1S/C6H11N3O2/c1-7-6(11)4-2-8-3-5(10)9-4/h4,8H,2-3H2,1H3,(H,7,11)(H,9,10). The second-order valence-electron chi connectivity index (χ2n) is 2.37. The first kappa shape index (κ1) is 8.00. The maximum absolute atomic E-state index is 10.9. The van der Waals surface area contributed by atoms with Crippen LogP contribution < -0.4 is 16.0 Å². The number of rotatable bonds is 1. The maximum atomic E-state index is 10.9. The number of piperazine rings is 1. The van der Waals surface area contributed by atoms with Gasteiger partial charge in [0.15, 0.2) is 0 Å². The van der Waals surface area contributed by atoms with Crippen molar-refractivity contribution < 1.29 is 9.59 Å². The smallest absolute Gasteiger partial charge is 0.243 e. The first-order valence-electron chi connectivity index (χ1n) is 3.45. The molecule has 0 bridgehead atoms. The average Bonchev–Trinajstić information content (AvgIpc) is 2.03. The molecule has 11 heavy (non-hydrogen) atoms. The summed E-state index contributed by atoms with van der Waals surface area (Å²) in [7, 11) is 1.54. The summed E-state index contributed by atoms with van der Waals surface area (Å²) in [5.41, 5.74) is 0. The van der Waals surface area contributed by atoms with Crippen molar-refractivity contribution in [3.05, 3.63) is 0 Å². The zero-order valence-electron chi connectivity index (χ0n) is 6.31. The summed E-state index contributed by atoms with van der Waals surface area (Å²) in [4.78, 5) is 21.7. The maximum Gasteiger partial charge on any atom is 0.243 e. The Morgan fingerprint density at radius 1 is 1.73 bits per heavy atom. The van der Waals surface area contributed by atoms with Crippen LogP contribution in [0.15, 0.2) is 0 Å². The van der Waals surface area contributed by atoms with Crippen molar-refractivity contribution in [1.82, 2.24) is 16.0 Å². The molecule has 0 saturated carbocycles. The van der Waals surface area contributed by atoms with Gasteiger partial charge < -0.3 is 16.0 Å². The second kappa shape index (κ2) is 3.34. The summed E-state index contributed by atoms with van der Waals surface area (Å²) in [6.07, 6.45) is 0. The summed E-state index contributed by atoms with van der Waals surface area (Å²) in [6.45, 7) is 0.804. The summed E-state index contributed by atoms with van der Waals surface area (Å²) < 4.78 is 0. The van der Waals surface area contributed by atoms with Crippen LogP contribution in [-0.4, -0.2) is 38.0 Å². The molecule has 1 aliphatic rings. The Morgan fingerprint density at radius 3 is 3.00 bits per heavy atom. The lowest BCUT2D eigenvalue weighted by Crippen LogP contribution is -2.57. The van der Waals surface area contributed by atoms with E-state index in [1.54, 1.807) is 7.05 Å². The van der Waals surface area contributed by atoms with Crippen LogP contribution in [0, 0.1) is 0 Å². The molecule has 5 nitrogen and oxygen atoms in total. The van der Waals surface area contributed by atoms with Crippen molar-refractivity contribution >= 4 is 11.8 Å². The third-order valence-corrected chi connectivity index (χ3v) is 1.53. The highest BCUT2D eigenvalue weighted by atomic mass is 16.2. The van der Waals surface area contributed by atoms with Crippen molar-refractivity contribution in [2.75, 3.05) is 20.1 Å². The minimum absolute atomic E-state index is 0.134. The highest BCUT2D eigenvalue weighted by Gasteiger charge is 2.22. The predicted molar refractivity (Wildman–Crippen MR) is 38.9 cm³/mol. The van der Waals surface area contributed by atoms with Gasteiger partial charge in [0, 0.05) is 13.6 Å². The molecule has 1 atom stereocenters. The Kier molecular flexibility index (Phi) is 2.43. The van der Waals surface area contributed by atoms with Gasteiger partial charge in [0.1, 0.15) is 6.04 Å². The van der Waals surface area contributed by atoms with E-state index in [0.717, 1.165) is 0 Å². The van der Waals surface area contributed by atoms with Crippen molar-refractivity contribution in [1.29, 1.82) is 0 Å². The molecule has 0 radical (unpaired) electrons. The van der Waals surface area contributed by atoms with E-state index in [-0.39, 0.29) is 11.8 Å². The number of carbonyl (C=O) groups is 2. The molecule has 0 aliphatic carbocycles. The number of likely N-dealkylation sites (N-methyl/N-ethyl adjacent to an activating group) is 1. The van der Waals surface area contributed by atoms with Gasteiger partial charge in [-0.3, -0.25) is 9.59 Å². The van der Waals surface area contributed by atoms with Gasteiger partial charge >= 0.3 is 0 Å². The molecule has 1 rings (SSSR count). The zero-order chi connectivity index (χ0) is 8.27. The Labute approximate surface area is 64.5 Å². The Bertz CT molecular complexity index is 181. The number of hydrogen-bond acceptors (Lipinski definition) is 3. The third-order valence-electron chi connectivity index (χ3n) is 1.53. The van der Waals surface area contributed by atoms with Crippen LogP contribution in [0.3, 0.4) is 0 Å². The fourth-order valence-electron chi connectivity index (χ4n) is 0.959. The lowest BCUT2D eigenvalue weighted by Gasteiger charge is -2.22. The minimum atomic E-state index is -0.416. The molecule has 0 aromatic rings. The van der Waals surface area contributed by atoms with Crippen LogP contribution in [0.25, 0.3) is 0 Å². The first-order valence-corrected chi connectivity index (χ1v) is 3.45. The molecular weight excluding hydrogens is 146 g/mol. The molecule has 1 heterocycles. The molecule has 1 unspecified atom stereocenters. The van der Waals surface area contributed by atoms with Gasteiger partial charge in [-0.1, -0.05) is 0 Å². The van der Waals surface area contributed by atoms with E-state index in [9.17, 15) is 9.59 Å². The lowest BCUT2D eigenvalue weighted by molar-refractivity contribution is -0.129. The summed E-state index contributed by atoms with van der Waals surface area (Å²) in [5.74, 6) is -0.296. The highest BCUT2D eigenvalue weighted by molar-refractivity contribution is 5.89. The lowest BCUT2D eigenvalue weighted by atomic mass is 10.2. The van der Waals surface area contributed by atoms with E-state index < -0.39 is 6.04 Å². The number of hydrogen-bond donors (Lipinski definition) is 3. The molecule has 0 aromatic heterocycles. The fraction of sp³-hybridized carbons (Fsp3) is 0.667.